The summed E-state index contributed by atoms with van der Waals surface area (Å²) in [5.41, 5.74) is 8.45. The van der Waals surface area contributed by atoms with Crippen LogP contribution < -0.4 is 15.8 Å². The Labute approximate surface area is 127 Å². The molecule has 0 amide bonds. The van der Waals surface area contributed by atoms with Crippen LogP contribution in [0.15, 0.2) is 42.7 Å². The normalized spacial score (nSPS) is 10.9. The van der Waals surface area contributed by atoms with Crippen molar-refractivity contribution in [2.75, 3.05) is 12.4 Å². The number of benzene rings is 1. The zero-order chi connectivity index (χ0) is 15.5. The number of hydrogen-bond donors (Lipinski definition) is 2. The molecule has 0 radical (unpaired) electrons. The van der Waals surface area contributed by atoms with Crippen LogP contribution in [0.2, 0.25) is 0 Å². The molecule has 3 rings (SSSR count). The van der Waals surface area contributed by atoms with Gasteiger partial charge in [-0.2, -0.15) is 0 Å². The summed E-state index contributed by atoms with van der Waals surface area (Å²) in [5.74, 6) is 0.456. The highest BCUT2D eigenvalue weighted by molar-refractivity contribution is 5.47. The maximum absolute atomic E-state index is 13.7. The van der Waals surface area contributed by atoms with Crippen LogP contribution in [-0.2, 0) is 13.1 Å². The Kier molecular flexibility index (Phi) is 3.93. The number of fused-ring (bicyclic) bond motifs is 1. The number of nitrogens with zero attached hydrogens (tertiary/aromatic N) is 2. The number of halogens is 1. The van der Waals surface area contributed by atoms with Crippen LogP contribution in [0.25, 0.3) is 5.65 Å². The summed E-state index contributed by atoms with van der Waals surface area (Å²) in [7, 11) is 1.62. The first-order valence-corrected chi connectivity index (χ1v) is 6.93. The number of ether oxygens (including phenoxy) is 1. The van der Waals surface area contributed by atoms with Gasteiger partial charge >= 0.3 is 0 Å². The molecule has 3 N–H and O–H groups in total. The Morgan fingerprint density at radius 2 is 2.18 bits per heavy atom. The number of anilines is 1. The average Bonchev–Trinajstić information content (AvgIpc) is 2.95. The predicted molar refractivity (Wildman–Crippen MR) is 83.4 cm³/mol. The maximum Gasteiger partial charge on any atom is 0.137 e. The highest BCUT2D eigenvalue weighted by Gasteiger charge is 2.06. The Balaban J connectivity index is 1.80. The Bertz CT molecular complexity index is 800. The summed E-state index contributed by atoms with van der Waals surface area (Å²) in [6.45, 7) is 0.717. The standard InChI is InChI=1S/C16H17FN4O/c1-22-14-4-5-16-20-9-13(21(16)10-14)8-19-12-3-2-11(7-18)15(17)6-12/h2-6,9-10,19H,7-8,18H2,1H3. The highest BCUT2D eigenvalue weighted by atomic mass is 19.1. The third kappa shape index (κ3) is 2.73. The molecule has 0 aliphatic heterocycles. The molecule has 0 saturated carbocycles. The van der Waals surface area contributed by atoms with E-state index in [2.05, 4.69) is 10.3 Å². The van der Waals surface area contributed by atoms with Gasteiger partial charge in [0.05, 0.1) is 31.7 Å². The quantitative estimate of drug-likeness (QED) is 0.760. The van der Waals surface area contributed by atoms with Crippen molar-refractivity contribution < 1.29 is 9.13 Å². The predicted octanol–water partition coefficient (Wildman–Crippen LogP) is 2.55. The van der Waals surface area contributed by atoms with Crippen LogP contribution in [0.1, 0.15) is 11.3 Å². The third-order valence-electron chi connectivity index (χ3n) is 3.54. The van der Waals surface area contributed by atoms with E-state index in [0.717, 1.165) is 17.1 Å². The summed E-state index contributed by atoms with van der Waals surface area (Å²) >= 11 is 0. The van der Waals surface area contributed by atoms with Gasteiger partial charge in [0, 0.05) is 17.8 Å². The minimum absolute atomic E-state index is 0.194. The molecule has 5 nitrogen and oxygen atoms in total. The zero-order valence-corrected chi connectivity index (χ0v) is 12.2. The molecule has 114 valence electrons. The lowest BCUT2D eigenvalue weighted by atomic mass is 10.2. The van der Waals surface area contributed by atoms with Gasteiger partial charge in [0.25, 0.3) is 0 Å². The van der Waals surface area contributed by atoms with E-state index in [4.69, 9.17) is 10.5 Å². The lowest BCUT2D eigenvalue weighted by Crippen LogP contribution is -2.05. The van der Waals surface area contributed by atoms with E-state index in [1.165, 1.54) is 6.07 Å². The molecule has 3 aromatic rings. The van der Waals surface area contributed by atoms with Gasteiger partial charge in [0.1, 0.15) is 17.2 Å². The van der Waals surface area contributed by atoms with Crippen LogP contribution >= 0.6 is 0 Å². The molecule has 2 heterocycles. The van der Waals surface area contributed by atoms with Crippen molar-refractivity contribution >= 4 is 11.3 Å². The van der Waals surface area contributed by atoms with Gasteiger partial charge in [-0.15, -0.1) is 0 Å². The van der Waals surface area contributed by atoms with Gasteiger partial charge in [0.15, 0.2) is 0 Å². The fourth-order valence-corrected chi connectivity index (χ4v) is 2.28. The number of rotatable bonds is 5. The van der Waals surface area contributed by atoms with Gasteiger partial charge in [-0.1, -0.05) is 6.07 Å². The Morgan fingerprint density at radius 1 is 1.32 bits per heavy atom. The topological polar surface area (TPSA) is 64.6 Å². The van der Waals surface area contributed by atoms with Crippen molar-refractivity contribution in [3.8, 4) is 5.75 Å². The highest BCUT2D eigenvalue weighted by Crippen LogP contribution is 2.17. The van der Waals surface area contributed by atoms with Gasteiger partial charge in [0.2, 0.25) is 0 Å². The van der Waals surface area contributed by atoms with E-state index in [0.29, 0.717) is 17.8 Å². The van der Waals surface area contributed by atoms with Crippen molar-refractivity contribution in [3.63, 3.8) is 0 Å². The molecule has 0 bridgehead atoms. The van der Waals surface area contributed by atoms with Gasteiger partial charge in [-0.25, -0.2) is 9.37 Å². The molecule has 0 saturated heterocycles. The molecule has 0 unspecified atom stereocenters. The van der Waals surface area contributed by atoms with Crippen molar-refractivity contribution in [2.45, 2.75) is 13.1 Å². The van der Waals surface area contributed by atoms with E-state index in [9.17, 15) is 4.39 Å². The van der Waals surface area contributed by atoms with Crippen LogP contribution in [0.3, 0.4) is 0 Å². The van der Waals surface area contributed by atoms with Gasteiger partial charge in [-0.3, -0.25) is 4.40 Å². The van der Waals surface area contributed by atoms with E-state index in [1.807, 2.05) is 28.8 Å². The number of nitrogens with one attached hydrogen (secondary N) is 1. The number of nitrogens with two attached hydrogens (primary N) is 1. The van der Waals surface area contributed by atoms with Crippen molar-refractivity contribution in [1.82, 2.24) is 9.38 Å². The largest absolute Gasteiger partial charge is 0.495 e. The summed E-state index contributed by atoms with van der Waals surface area (Å²) in [5, 5.41) is 3.19. The lowest BCUT2D eigenvalue weighted by molar-refractivity contribution is 0.412. The zero-order valence-electron chi connectivity index (χ0n) is 12.2. The lowest BCUT2D eigenvalue weighted by Gasteiger charge is -2.09. The van der Waals surface area contributed by atoms with Crippen molar-refractivity contribution in [2.24, 2.45) is 5.73 Å². The molecule has 0 aliphatic carbocycles. The molecule has 0 atom stereocenters. The molecule has 0 spiro atoms. The average molecular weight is 300 g/mol. The first kappa shape index (κ1) is 14.3. The fourth-order valence-electron chi connectivity index (χ4n) is 2.28. The SMILES string of the molecule is COc1ccc2ncc(CNc3ccc(CN)c(F)c3)n2c1. The number of imidazole rings is 1. The molecular formula is C16H17FN4O. The van der Waals surface area contributed by atoms with Crippen molar-refractivity contribution in [3.05, 3.63) is 59.8 Å². The minimum atomic E-state index is -0.299. The molecule has 6 heteroatoms. The Morgan fingerprint density at radius 3 is 2.91 bits per heavy atom. The first-order valence-electron chi connectivity index (χ1n) is 6.93. The molecule has 0 fully saturated rings. The van der Waals surface area contributed by atoms with Gasteiger partial charge < -0.3 is 15.8 Å². The summed E-state index contributed by atoms with van der Waals surface area (Å²) in [6, 6.07) is 8.70. The second-order valence-corrected chi connectivity index (χ2v) is 4.91. The summed E-state index contributed by atoms with van der Waals surface area (Å²) in [6.07, 6.45) is 3.66. The molecule has 2 aromatic heterocycles. The second-order valence-electron chi connectivity index (χ2n) is 4.91. The van der Waals surface area contributed by atoms with Gasteiger partial charge in [-0.05, 0) is 24.3 Å². The number of pyridine rings is 1. The van der Waals surface area contributed by atoms with Crippen LogP contribution in [0.5, 0.6) is 5.75 Å². The molecule has 1 aromatic carbocycles. The maximum atomic E-state index is 13.7. The molecular weight excluding hydrogens is 283 g/mol. The van der Waals surface area contributed by atoms with Crippen LogP contribution in [0.4, 0.5) is 10.1 Å². The number of methoxy groups -OCH3 is 1. The second kappa shape index (κ2) is 6.03. The monoisotopic (exact) mass is 300 g/mol. The number of aromatic nitrogens is 2. The van der Waals surface area contributed by atoms with E-state index >= 15 is 0 Å². The van der Waals surface area contributed by atoms with Crippen molar-refractivity contribution in [1.29, 1.82) is 0 Å². The summed E-state index contributed by atoms with van der Waals surface area (Å²) < 4.78 is 20.9. The van der Waals surface area contributed by atoms with E-state index in [1.54, 1.807) is 19.4 Å². The minimum Gasteiger partial charge on any atom is -0.495 e. The van der Waals surface area contributed by atoms with Crippen LogP contribution in [0, 0.1) is 5.82 Å². The van der Waals surface area contributed by atoms with E-state index in [-0.39, 0.29) is 12.4 Å². The number of hydrogen-bond acceptors (Lipinski definition) is 4. The third-order valence-corrected chi connectivity index (χ3v) is 3.54. The molecule has 22 heavy (non-hydrogen) atoms. The summed E-state index contributed by atoms with van der Waals surface area (Å²) in [4.78, 5) is 4.33. The van der Waals surface area contributed by atoms with E-state index < -0.39 is 0 Å². The van der Waals surface area contributed by atoms with Crippen LogP contribution in [-0.4, -0.2) is 16.5 Å². The Hall–Kier alpha value is -2.60. The smallest absolute Gasteiger partial charge is 0.137 e. The molecule has 0 aliphatic rings. The first-order chi connectivity index (χ1) is 10.7. The fraction of sp³-hybridized carbons (Fsp3) is 0.188.